The van der Waals surface area contributed by atoms with E-state index in [1.807, 2.05) is 0 Å². The summed E-state index contributed by atoms with van der Waals surface area (Å²) in [5.74, 6) is 0. The van der Waals surface area contributed by atoms with Gasteiger partial charge < -0.3 is 4.90 Å². The smallest absolute Gasteiger partial charge is 0.0546 e. The van der Waals surface area contributed by atoms with Crippen LogP contribution in [0.4, 0.5) is 17.1 Å². The zero-order valence-electron chi connectivity index (χ0n) is 29.5. The second-order valence-electron chi connectivity index (χ2n) is 14.2. The zero-order chi connectivity index (χ0) is 35.1. The first-order valence-electron chi connectivity index (χ1n) is 18.1. The second kappa shape index (κ2) is 13.0. The van der Waals surface area contributed by atoms with Crippen LogP contribution in [0.1, 0.15) is 25.0 Å². The van der Waals surface area contributed by atoms with Crippen LogP contribution >= 0.6 is 0 Å². The van der Waals surface area contributed by atoms with E-state index in [-0.39, 0.29) is 5.41 Å². The van der Waals surface area contributed by atoms with Gasteiger partial charge in [-0.3, -0.25) is 0 Å². The van der Waals surface area contributed by atoms with Crippen molar-refractivity contribution in [2.75, 3.05) is 4.90 Å². The molecule has 0 unspecified atom stereocenters. The molecule has 0 fully saturated rings. The molecule has 0 bridgehead atoms. The zero-order valence-corrected chi connectivity index (χ0v) is 29.5. The van der Waals surface area contributed by atoms with Gasteiger partial charge in [-0.25, -0.2) is 0 Å². The summed E-state index contributed by atoms with van der Waals surface area (Å²) in [4.78, 5) is 2.45. The SMILES string of the molecule is CC1(C)c2ccccc2-c2ccc(N(c3ccccc3)c3cccc(-c4cccc(-c5ccccc5)c4)c3-c3ccc(-c4ccccc4)cc3)cc21. The molecule has 0 amide bonds. The topological polar surface area (TPSA) is 3.24 Å². The van der Waals surface area contributed by atoms with Gasteiger partial charge in [-0.1, -0.05) is 178 Å². The van der Waals surface area contributed by atoms with Crippen LogP contribution in [0.5, 0.6) is 0 Å². The number of hydrogen-bond acceptors (Lipinski definition) is 1. The van der Waals surface area contributed by atoms with Crippen LogP contribution in [0.3, 0.4) is 0 Å². The molecule has 248 valence electrons. The molecule has 1 aliphatic carbocycles. The molecule has 0 atom stereocenters. The van der Waals surface area contributed by atoms with Gasteiger partial charge in [-0.15, -0.1) is 0 Å². The van der Waals surface area contributed by atoms with Crippen LogP contribution in [0.15, 0.2) is 200 Å². The maximum absolute atomic E-state index is 2.45. The average molecular weight is 666 g/mol. The number of rotatable bonds is 7. The van der Waals surface area contributed by atoms with Crippen molar-refractivity contribution in [2.45, 2.75) is 19.3 Å². The fourth-order valence-corrected chi connectivity index (χ4v) is 8.06. The molecule has 1 nitrogen and oxygen atoms in total. The maximum atomic E-state index is 2.45. The standard InChI is InChI=1S/C51H39N/c1-51(2)47-26-13-12-24-45(47)46-33-32-43(35-48(46)51)52(42-22-10-5-11-23-42)49-27-15-25-44(41-21-14-20-40(34-41)37-18-8-4-9-19-37)50(49)39-30-28-38(29-31-39)36-16-6-3-7-17-36/h3-35H,1-2H3. The minimum absolute atomic E-state index is 0.111. The molecular formula is C51H39N. The van der Waals surface area contributed by atoms with Crippen LogP contribution in [0.2, 0.25) is 0 Å². The molecule has 1 heteroatoms. The van der Waals surface area contributed by atoms with Crippen molar-refractivity contribution >= 4 is 17.1 Å². The Balaban J connectivity index is 1.27. The molecule has 0 radical (unpaired) electrons. The largest absolute Gasteiger partial charge is 0.310 e. The Morgan fingerprint density at radius 1 is 0.327 bits per heavy atom. The van der Waals surface area contributed by atoms with Crippen molar-refractivity contribution in [1.82, 2.24) is 0 Å². The summed E-state index contributed by atoms with van der Waals surface area (Å²) in [6, 6.07) is 72.8. The Kier molecular flexibility index (Phi) is 7.90. The number of anilines is 3. The minimum atomic E-state index is -0.111. The summed E-state index contributed by atoms with van der Waals surface area (Å²) in [5, 5.41) is 0. The summed E-state index contributed by atoms with van der Waals surface area (Å²) < 4.78 is 0. The van der Waals surface area contributed by atoms with Crippen LogP contribution in [0, 0.1) is 0 Å². The van der Waals surface area contributed by atoms with E-state index < -0.39 is 0 Å². The van der Waals surface area contributed by atoms with E-state index >= 15 is 0 Å². The molecular weight excluding hydrogens is 627 g/mol. The van der Waals surface area contributed by atoms with E-state index in [2.05, 4.69) is 219 Å². The van der Waals surface area contributed by atoms with Crippen molar-refractivity contribution in [1.29, 1.82) is 0 Å². The number of para-hydroxylation sites is 1. The third-order valence-corrected chi connectivity index (χ3v) is 10.7. The van der Waals surface area contributed by atoms with Crippen molar-refractivity contribution < 1.29 is 0 Å². The van der Waals surface area contributed by atoms with E-state index in [4.69, 9.17) is 0 Å². The Morgan fingerprint density at radius 3 is 1.58 bits per heavy atom. The molecule has 8 aromatic carbocycles. The third-order valence-electron chi connectivity index (χ3n) is 10.7. The molecule has 0 aliphatic heterocycles. The highest BCUT2D eigenvalue weighted by molar-refractivity contribution is 5.98. The summed E-state index contributed by atoms with van der Waals surface area (Å²) in [6.07, 6.45) is 0. The Hall–Kier alpha value is -6.44. The fourth-order valence-electron chi connectivity index (χ4n) is 8.06. The summed E-state index contributed by atoms with van der Waals surface area (Å²) >= 11 is 0. The Morgan fingerprint density at radius 2 is 0.846 bits per heavy atom. The first-order valence-corrected chi connectivity index (χ1v) is 18.1. The highest BCUT2D eigenvalue weighted by Crippen LogP contribution is 2.52. The monoisotopic (exact) mass is 665 g/mol. The maximum Gasteiger partial charge on any atom is 0.0546 e. The van der Waals surface area contributed by atoms with Gasteiger partial charge in [0, 0.05) is 22.4 Å². The summed E-state index contributed by atoms with van der Waals surface area (Å²) in [6.45, 7) is 4.71. The minimum Gasteiger partial charge on any atom is -0.310 e. The molecule has 0 heterocycles. The second-order valence-corrected chi connectivity index (χ2v) is 14.2. The van der Waals surface area contributed by atoms with Crippen molar-refractivity contribution in [3.05, 3.63) is 211 Å². The first-order chi connectivity index (χ1) is 25.6. The van der Waals surface area contributed by atoms with E-state index in [0.717, 1.165) is 17.1 Å². The quantitative estimate of drug-likeness (QED) is 0.164. The number of nitrogens with zero attached hydrogens (tertiary/aromatic N) is 1. The van der Waals surface area contributed by atoms with Crippen LogP contribution in [-0.4, -0.2) is 0 Å². The Bertz CT molecular complexity index is 2510. The van der Waals surface area contributed by atoms with Gasteiger partial charge in [0.25, 0.3) is 0 Å². The number of fused-ring (bicyclic) bond motifs is 3. The summed E-state index contributed by atoms with van der Waals surface area (Å²) in [5.41, 5.74) is 18.2. The van der Waals surface area contributed by atoms with E-state index in [9.17, 15) is 0 Å². The van der Waals surface area contributed by atoms with Gasteiger partial charge in [0.1, 0.15) is 0 Å². The molecule has 0 saturated heterocycles. The van der Waals surface area contributed by atoms with E-state index in [0.29, 0.717) is 0 Å². The van der Waals surface area contributed by atoms with Crippen molar-refractivity contribution in [3.8, 4) is 55.6 Å². The number of hydrogen-bond donors (Lipinski definition) is 0. The van der Waals surface area contributed by atoms with Gasteiger partial charge in [0.2, 0.25) is 0 Å². The molecule has 0 N–H and O–H groups in total. The number of benzene rings is 8. The predicted octanol–water partition coefficient (Wildman–Crippen LogP) is 14.1. The van der Waals surface area contributed by atoms with Gasteiger partial charge in [0.15, 0.2) is 0 Å². The molecule has 0 aromatic heterocycles. The lowest BCUT2D eigenvalue weighted by Gasteiger charge is -2.31. The van der Waals surface area contributed by atoms with E-state index in [1.54, 1.807) is 0 Å². The van der Waals surface area contributed by atoms with Crippen LogP contribution < -0.4 is 4.90 Å². The lowest BCUT2D eigenvalue weighted by Crippen LogP contribution is -2.17. The van der Waals surface area contributed by atoms with Crippen LogP contribution in [-0.2, 0) is 5.41 Å². The highest BCUT2D eigenvalue weighted by Gasteiger charge is 2.36. The molecule has 0 spiro atoms. The first kappa shape index (κ1) is 31.5. The molecule has 9 rings (SSSR count). The van der Waals surface area contributed by atoms with E-state index in [1.165, 1.54) is 66.8 Å². The lowest BCUT2D eigenvalue weighted by atomic mass is 9.82. The normalized spacial score (nSPS) is 12.6. The third kappa shape index (κ3) is 5.52. The Labute approximate surface area is 307 Å². The molecule has 8 aromatic rings. The molecule has 1 aliphatic rings. The summed E-state index contributed by atoms with van der Waals surface area (Å²) in [7, 11) is 0. The van der Waals surface area contributed by atoms with Crippen LogP contribution in [0.25, 0.3) is 55.6 Å². The van der Waals surface area contributed by atoms with Gasteiger partial charge >= 0.3 is 0 Å². The van der Waals surface area contributed by atoms with Crippen molar-refractivity contribution in [3.63, 3.8) is 0 Å². The fraction of sp³-hybridized carbons (Fsp3) is 0.0588. The van der Waals surface area contributed by atoms with Crippen molar-refractivity contribution in [2.24, 2.45) is 0 Å². The molecule has 0 saturated carbocycles. The highest BCUT2D eigenvalue weighted by atomic mass is 15.1. The molecule has 52 heavy (non-hydrogen) atoms. The predicted molar refractivity (Wildman–Crippen MR) is 220 cm³/mol. The average Bonchev–Trinajstić information content (AvgIpc) is 3.44. The van der Waals surface area contributed by atoms with Gasteiger partial charge in [-0.2, -0.15) is 0 Å². The lowest BCUT2D eigenvalue weighted by molar-refractivity contribution is 0.660. The van der Waals surface area contributed by atoms with Gasteiger partial charge in [-0.05, 0) is 97.6 Å². The van der Waals surface area contributed by atoms with Gasteiger partial charge in [0.05, 0.1) is 5.69 Å².